The Bertz CT molecular complexity index is 901. The van der Waals surface area contributed by atoms with Crippen LogP contribution in [0.2, 0.25) is 0 Å². The summed E-state index contributed by atoms with van der Waals surface area (Å²) in [5.41, 5.74) is 2.06. The number of H-pyrrole nitrogens is 1. The lowest BCUT2D eigenvalue weighted by atomic mass is 9.99. The predicted molar refractivity (Wildman–Crippen MR) is 100 cm³/mol. The van der Waals surface area contributed by atoms with Gasteiger partial charge in [0, 0.05) is 38.3 Å². The Morgan fingerprint density at radius 3 is 2.67 bits per heavy atom. The minimum atomic E-state index is -0.366. The third kappa shape index (κ3) is 4.29. The Balaban J connectivity index is 1.55. The Morgan fingerprint density at radius 2 is 2.04 bits per heavy atom. The summed E-state index contributed by atoms with van der Waals surface area (Å²) in [5, 5.41) is 9.16. The number of nitriles is 1. The van der Waals surface area contributed by atoms with Crippen LogP contribution in [0.15, 0.2) is 27.6 Å². The second-order valence-electron chi connectivity index (χ2n) is 6.91. The van der Waals surface area contributed by atoms with Gasteiger partial charge in [-0.1, -0.05) is 0 Å². The van der Waals surface area contributed by atoms with Gasteiger partial charge in [-0.05, 0) is 43.5 Å². The molecule has 0 aliphatic carbocycles. The summed E-state index contributed by atoms with van der Waals surface area (Å²) in [6.07, 6.45) is 2.57. The number of pyridine rings is 1. The van der Waals surface area contributed by atoms with Crippen molar-refractivity contribution in [3.8, 4) is 6.07 Å². The van der Waals surface area contributed by atoms with Crippen LogP contribution in [-0.2, 0) is 17.8 Å². The van der Waals surface area contributed by atoms with Crippen LogP contribution >= 0.6 is 0 Å². The maximum atomic E-state index is 12.6. The Kier molecular flexibility index (Phi) is 5.77. The molecule has 27 heavy (non-hydrogen) atoms. The van der Waals surface area contributed by atoms with Gasteiger partial charge in [-0.15, -0.1) is 0 Å². The molecular weight excluding hydrogens is 344 g/mol. The van der Waals surface area contributed by atoms with E-state index in [-0.39, 0.29) is 17.0 Å². The van der Waals surface area contributed by atoms with E-state index in [9.17, 15) is 9.59 Å². The maximum absolute atomic E-state index is 12.6. The zero-order valence-electron chi connectivity index (χ0n) is 15.7. The fourth-order valence-electron chi connectivity index (χ4n) is 3.59. The quantitative estimate of drug-likeness (QED) is 0.868. The van der Waals surface area contributed by atoms with Gasteiger partial charge < -0.3 is 14.3 Å². The molecule has 0 radical (unpaired) electrons. The number of aryl methyl sites for hydroxylation is 1. The molecule has 1 fully saturated rings. The molecule has 2 aromatic rings. The Morgan fingerprint density at radius 1 is 1.30 bits per heavy atom. The molecule has 0 atom stereocenters. The van der Waals surface area contributed by atoms with E-state index in [1.54, 1.807) is 13.2 Å². The van der Waals surface area contributed by atoms with Crippen molar-refractivity contribution in [2.45, 2.75) is 33.2 Å². The molecule has 0 spiro atoms. The highest BCUT2D eigenvalue weighted by atomic mass is 16.3. The van der Waals surface area contributed by atoms with Gasteiger partial charge in [0.15, 0.2) is 0 Å². The number of piperazine rings is 1. The van der Waals surface area contributed by atoms with Crippen LogP contribution in [0.3, 0.4) is 0 Å². The van der Waals surface area contributed by atoms with Gasteiger partial charge in [0.05, 0.1) is 12.8 Å². The van der Waals surface area contributed by atoms with Crippen molar-refractivity contribution in [2.24, 2.45) is 0 Å². The second-order valence-corrected chi connectivity index (χ2v) is 6.91. The first-order chi connectivity index (χ1) is 13.0. The number of aromatic amines is 1. The van der Waals surface area contributed by atoms with E-state index in [0.717, 1.165) is 36.7 Å². The van der Waals surface area contributed by atoms with Gasteiger partial charge in [-0.3, -0.25) is 14.5 Å². The highest BCUT2D eigenvalue weighted by Gasteiger charge is 2.22. The molecule has 1 amide bonds. The number of carbonyl (C=O) groups is 1. The number of amides is 1. The molecule has 1 aliphatic rings. The van der Waals surface area contributed by atoms with E-state index in [1.165, 1.54) is 0 Å². The summed E-state index contributed by atoms with van der Waals surface area (Å²) in [7, 11) is 0. The molecule has 3 rings (SSSR count). The monoisotopic (exact) mass is 368 g/mol. The van der Waals surface area contributed by atoms with Crippen molar-refractivity contribution in [2.75, 3.05) is 26.2 Å². The molecule has 1 N–H and O–H groups in total. The maximum Gasteiger partial charge on any atom is 0.266 e. The van der Waals surface area contributed by atoms with Gasteiger partial charge in [-0.2, -0.15) is 5.26 Å². The van der Waals surface area contributed by atoms with Crippen molar-refractivity contribution >= 4 is 5.91 Å². The number of nitrogens with zero attached hydrogens (tertiary/aromatic N) is 3. The number of hydrogen-bond donors (Lipinski definition) is 1. The highest BCUT2D eigenvalue weighted by molar-refractivity contribution is 5.76. The fraction of sp³-hybridized carbons (Fsp3) is 0.450. The molecule has 1 aliphatic heterocycles. The lowest BCUT2D eigenvalue weighted by Crippen LogP contribution is -2.48. The SMILES string of the molecule is Cc1[nH]c(=O)c(C#N)c(C)c1CCC(=O)N1CCN(Cc2ccco2)CC1. The molecule has 1 saturated heterocycles. The van der Waals surface area contributed by atoms with Gasteiger partial charge in [0.2, 0.25) is 5.91 Å². The van der Waals surface area contributed by atoms with Crippen LogP contribution in [0, 0.1) is 25.2 Å². The smallest absolute Gasteiger partial charge is 0.266 e. The number of nitrogens with one attached hydrogen (secondary N) is 1. The number of aromatic nitrogens is 1. The normalized spacial score (nSPS) is 14.9. The first-order valence-electron chi connectivity index (χ1n) is 9.14. The topological polar surface area (TPSA) is 93.3 Å². The van der Waals surface area contributed by atoms with Gasteiger partial charge in [-0.25, -0.2) is 0 Å². The van der Waals surface area contributed by atoms with Crippen molar-refractivity contribution in [1.29, 1.82) is 5.26 Å². The molecule has 0 aromatic carbocycles. The zero-order chi connectivity index (χ0) is 19.4. The molecule has 0 unspecified atom stereocenters. The first kappa shape index (κ1) is 18.9. The highest BCUT2D eigenvalue weighted by Crippen LogP contribution is 2.16. The van der Waals surface area contributed by atoms with Gasteiger partial charge >= 0.3 is 0 Å². The second kappa shape index (κ2) is 8.23. The molecule has 0 saturated carbocycles. The van der Waals surface area contributed by atoms with Crippen LogP contribution in [0.25, 0.3) is 0 Å². The molecule has 0 bridgehead atoms. The van der Waals surface area contributed by atoms with Crippen LogP contribution in [0.5, 0.6) is 0 Å². The van der Waals surface area contributed by atoms with Crippen molar-refractivity contribution in [3.63, 3.8) is 0 Å². The van der Waals surface area contributed by atoms with Crippen molar-refractivity contribution in [3.05, 3.63) is 56.9 Å². The molecular formula is C20H24N4O3. The minimum absolute atomic E-state index is 0.108. The summed E-state index contributed by atoms with van der Waals surface area (Å²) in [6, 6.07) is 5.80. The number of carbonyl (C=O) groups excluding carboxylic acids is 1. The van der Waals surface area contributed by atoms with E-state index < -0.39 is 0 Å². The summed E-state index contributed by atoms with van der Waals surface area (Å²) in [5.74, 6) is 1.04. The molecule has 7 heteroatoms. The summed E-state index contributed by atoms with van der Waals surface area (Å²) >= 11 is 0. The lowest BCUT2D eigenvalue weighted by molar-refractivity contribution is -0.133. The third-order valence-corrected chi connectivity index (χ3v) is 5.19. The first-order valence-corrected chi connectivity index (χ1v) is 9.14. The van der Waals surface area contributed by atoms with Gasteiger partial charge in [0.25, 0.3) is 5.56 Å². The summed E-state index contributed by atoms with van der Waals surface area (Å²) in [4.78, 5) is 31.3. The van der Waals surface area contributed by atoms with E-state index in [2.05, 4.69) is 9.88 Å². The van der Waals surface area contributed by atoms with Crippen molar-refractivity contribution < 1.29 is 9.21 Å². The molecule has 7 nitrogen and oxygen atoms in total. The largest absolute Gasteiger partial charge is 0.468 e. The predicted octanol–water partition coefficient (Wildman–Crippen LogP) is 1.73. The van der Waals surface area contributed by atoms with Crippen LogP contribution in [0.4, 0.5) is 0 Å². The molecule has 142 valence electrons. The third-order valence-electron chi connectivity index (χ3n) is 5.19. The fourth-order valence-corrected chi connectivity index (χ4v) is 3.59. The summed E-state index contributed by atoms with van der Waals surface area (Å²) < 4.78 is 5.38. The van der Waals surface area contributed by atoms with Crippen molar-refractivity contribution in [1.82, 2.24) is 14.8 Å². The van der Waals surface area contributed by atoms with E-state index in [1.807, 2.05) is 30.0 Å². The van der Waals surface area contributed by atoms with Crippen LogP contribution in [0.1, 0.15) is 34.6 Å². The lowest BCUT2D eigenvalue weighted by Gasteiger charge is -2.34. The van der Waals surface area contributed by atoms with E-state index >= 15 is 0 Å². The van der Waals surface area contributed by atoms with Crippen LogP contribution in [-0.4, -0.2) is 46.9 Å². The van der Waals surface area contributed by atoms with E-state index in [0.29, 0.717) is 31.5 Å². The number of furan rings is 1. The zero-order valence-corrected chi connectivity index (χ0v) is 15.7. The number of rotatable bonds is 5. The average molecular weight is 368 g/mol. The molecule has 3 heterocycles. The van der Waals surface area contributed by atoms with Gasteiger partial charge in [0.1, 0.15) is 17.4 Å². The number of hydrogen-bond acceptors (Lipinski definition) is 5. The average Bonchev–Trinajstić information content (AvgIpc) is 3.15. The standard InChI is InChI=1S/C20H24N4O3/c1-14-17(15(2)22-20(26)18(14)12-21)5-6-19(25)24-9-7-23(8-10-24)13-16-4-3-11-27-16/h3-4,11H,5-10,13H2,1-2H3,(H,22,26). The molecule has 2 aromatic heterocycles. The Hall–Kier alpha value is -2.85. The van der Waals surface area contributed by atoms with E-state index in [4.69, 9.17) is 9.68 Å². The van der Waals surface area contributed by atoms with Crippen LogP contribution < -0.4 is 5.56 Å². The minimum Gasteiger partial charge on any atom is -0.468 e. The summed E-state index contributed by atoms with van der Waals surface area (Å²) in [6.45, 7) is 7.39. The Labute approximate surface area is 158 Å².